The van der Waals surface area contributed by atoms with Gasteiger partial charge in [0, 0.05) is 11.8 Å². The predicted molar refractivity (Wildman–Crippen MR) is 95.2 cm³/mol. The zero-order valence-corrected chi connectivity index (χ0v) is 14.7. The molecular weight excluding hydrogens is 318 g/mol. The molecule has 1 heterocycles. The van der Waals surface area contributed by atoms with E-state index in [2.05, 4.69) is 15.6 Å². The van der Waals surface area contributed by atoms with Crippen molar-refractivity contribution in [2.24, 2.45) is 5.92 Å². The topological polar surface area (TPSA) is 80.3 Å². The van der Waals surface area contributed by atoms with Crippen molar-refractivity contribution in [1.29, 1.82) is 0 Å². The second kappa shape index (κ2) is 8.82. The van der Waals surface area contributed by atoms with Gasteiger partial charge in [-0.25, -0.2) is 0 Å². The van der Waals surface area contributed by atoms with E-state index >= 15 is 0 Å². The van der Waals surface area contributed by atoms with Crippen LogP contribution < -0.4 is 15.4 Å². The third-order valence-corrected chi connectivity index (χ3v) is 3.76. The van der Waals surface area contributed by atoms with E-state index in [-0.39, 0.29) is 17.7 Å². The Morgan fingerprint density at radius 3 is 2.40 bits per heavy atom. The Bertz CT molecular complexity index is 700. The number of pyridine rings is 1. The van der Waals surface area contributed by atoms with Crippen molar-refractivity contribution in [3.63, 3.8) is 0 Å². The highest BCUT2D eigenvalue weighted by molar-refractivity contribution is 5.97. The van der Waals surface area contributed by atoms with E-state index < -0.39 is 6.04 Å². The quantitative estimate of drug-likeness (QED) is 0.809. The van der Waals surface area contributed by atoms with Crippen molar-refractivity contribution in [2.45, 2.75) is 26.4 Å². The number of nitrogens with one attached hydrogen (secondary N) is 2. The molecule has 0 aliphatic rings. The smallest absolute Gasteiger partial charge is 0.251 e. The molecular formula is C19H23N3O3. The van der Waals surface area contributed by atoms with Gasteiger partial charge in [0.05, 0.1) is 19.3 Å². The van der Waals surface area contributed by atoms with Crippen molar-refractivity contribution in [3.05, 3.63) is 59.9 Å². The van der Waals surface area contributed by atoms with Crippen LogP contribution in [0, 0.1) is 5.92 Å². The van der Waals surface area contributed by atoms with Gasteiger partial charge in [-0.1, -0.05) is 19.9 Å². The summed E-state index contributed by atoms with van der Waals surface area (Å²) in [5.41, 5.74) is 1.24. The molecule has 1 aromatic heterocycles. The number of hydrogen-bond donors (Lipinski definition) is 2. The molecule has 0 aliphatic carbocycles. The zero-order chi connectivity index (χ0) is 18.2. The molecule has 6 nitrogen and oxygen atoms in total. The largest absolute Gasteiger partial charge is 0.497 e. The number of nitrogens with zero attached hydrogens (tertiary/aromatic N) is 1. The SMILES string of the molecule is COc1ccc(C(=O)N[C@H](C(=O)NCc2ccccn2)C(C)C)cc1. The average molecular weight is 341 g/mol. The third kappa shape index (κ3) is 5.31. The molecule has 0 radical (unpaired) electrons. The molecule has 2 aromatic rings. The van der Waals surface area contributed by atoms with E-state index in [0.29, 0.717) is 17.9 Å². The van der Waals surface area contributed by atoms with Gasteiger partial charge in [0.2, 0.25) is 5.91 Å². The number of carbonyl (C=O) groups excluding carboxylic acids is 2. The molecule has 0 saturated carbocycles. The van der Waals surface area contributed by atoms with Gasteiger partial charge in [-0.05, 0) is 42.3 Å². The highest BCUT2D eigenvalue weighted by atomic mass is 16.5. The summed E-state index contributed by atoms with van der Waals surface area (Å²) in [6.07, 6.45) is 1.67. The molecule has 0 bridgehead atoms. The van der Waals surface area contributed by atoms with Crippen molar-refractivity contribution < 1.29 is 14.3 Å². The van der Waals surface area contributed by atoms with E-state index in [0.717, 1.165) is 5.69 Å². The lowest BCUT2D eigenvalue weighted by Crippen LogP contribution is -2.49. The van der Waals surface area contributed by atoms with Crippen LogP contribution in [0.25, 0.3) is 0 Å². The summed E-state index contributed by atoms with van der Waals surface area (Å²) in [4.78, 5) is 29.0. The zero-order valence-electron chi connectivity index (χ0n) is 14.7. The van der Waals surface area contributed by atoms with Gasteiger partial charge >= 0.3 is 0 Å². The van der Waals surface area contributed by atoms with Crippen LogP contribution in [0.3, 0.4) is 0 Å². The summed E-state index contributed by atoms with van der Waals surface area (Å²) in [6, 6.07) is 11.6. The summed E-state index contributed by atoms with van der Waals surface area (Å²) < 4.78 is 5.08. The molecule has 1 aromatic carbocycles. The fourth-order valence-electron chi connectivity index (χ4n) is 2.29. The summed E-state index contributed by atoms with van der Waals surface area (Å²) in [5.74, 6) is 0.0906. The van der Waals surface area contributed by atoms with Crippen molar-refractivity contribution in [1.82, 2.24) is 15.6 Å². The molecule has 6 heteroatoms. The Morgan fingerprint density at radius 1 is 1.12 bits per heavy atom. The molecule has 132 valence electrons. The maximum Gasteiger partial charge on any atom is 0.251 e. The number of aromatic nitrogens is 1. The first-order chi connectivity index (χ1) is 12.0. The molecule has 0 fully saturated rings. The predicted octanol–water partition coefficient (Wildman–Crippen LogP) is 2.16. The third-order valence-electron chi connectivity index (χ3n) is 3.76. The van der Waals surface area contributed by atoms with Crippen LogP contribution in [-0.4, -0.2) is 29.9 Å². The minimum absolute atomic E-state index is 0.0501. The van der Waals surface area contributed by atoms with Gasteiger partial charge in [-0.3, -0.25) is 14.6 Å². The maximum atomic E-state index is 12.5. The molecule has 2 N–H and O–H groups in total. The fraction of sp³-hybridized carbons (Fsp3) is 0.316. The Labute approximate surface area is 147 Å². The Balaban J connectivity index is 1.98. The lowest BCUT2D eigenvalue weighted by molar-refractivity contribution is -0.124. The average Bonchev–Trinajstić information content (AvgIpc) is 2.64. The fourth-order valence-corrected chi connectivity index (χ4v) is 2.29. The lowest BCUT2D eigenvalue weighted by Gasteiger charge is -2.21. The van der Waals surface area contributed by atoms with Crippen molar-refractivity contribution >= 4 is 11.8 Å². The van der Waals surface area contributed by atoms with Gasteiger partial charge in [0.25, 0.3) is 5.91 Å². The van der Waals surface area contributed by atoms with Crippen LogP contribution in [0.4, 0.5) is 0 Å². The lowest BCUT2D eigenvalue weighted by atomic mass is 10.0. The van der Waals surface area contributed by atoms with Crippen LogP contribution in [0.1, 0.15) is 29.9 Å². The number of methoxy groups -OCH3 is 1. The summed E-state index contributed by atoms with van der Waals surface area (Å²) >= 11 is 0. The number of amides is 2. The number of hydrogen-bond acceptors (Lipinski definition) is 4. The first kappa shape index (κ1) is 18.4. The molecule has 2 rings (SSSR count). The normalized spacial score (nSPS) is 11.7. The Hall–Kier alpha value is -2.89. The number of benzene rings is 1. The van der Waals surface area contributed by atoms with Crippen LogP contribution in [0.15, 0.2) is 48.7 Å². The monoisotopic (exact) mass is 341 g/mol. The summed E-state index contributed by atoms with van der Waals surface area (Å²) in [6.45, 7) is 4.10. The Kier molecular flexibility index (Phi) is 6.51. The van der Waals surface area contributed by atoms with Crippen LogP contribution in [-0.2, 0) is 11.3 Å². The first-order valence-electron chi connectivity index (χ1n) is 8.13. The summed E-state index contributed by atoms with van der Waals surface area (Å²) in [7, 11) is 1.57. The molecule has 25 heavy (non-hydrogen) atoms. The minimum atomic E-state index is -0.627. The second-order valence-corrected chi connectivity index (χ2v) is 5.96. The molecule has 2 amide bonds. The maximum absolute atomic E-state index is 12.5. The van der Waals surface area contributed by atoms with E-state index in [1.807, 2.05) is 32.0 Å². The number of carbonyl (C=O) groups is 2. The molecule has 1 atom stereocenters. The van der Waals surface area contributed by atoms with Gasteiger partial charge in [-0.2, -0.15) is 0 Å². The van der Waals surface area contributed by atoms with E-state index in [4.69, 9.17) is 4.74 Å². The van der Waals surface area contributed by atoms with Gasteiger partial charge in [0.1, 0.15) is 11.8 Å². The van der Waals surface area contributed by atoms with Gasteiger partial charge < -0.3 is 15.4 Å². The van der Waals surface area contributed by atoms with E-state index in [1.165, 1.54) is 0 Å². The molecule has 0 saturated heterocycles. The standard InChI is InChI=1S/C19H23N3O3/c1-13(2)17(19(24)21-12-15-6-4-5-11-20-15)22-18(23)14-7-9-16(25-3)10-8-14/h4-11,13,17H,12H2,1-3H3,(H,21,24)(H,22,23)/t17-/m0/s1. The number of rotatable bonds is 7. The second-order valence-electron chi connectivity index (χ2n) is 5.96. The highest BCUT2D eigenvalue weighted by Crippen LogP contribution is 2.12. The Morgan fingerprint density at radius 2 is 1.84 bits per heavy atom. The van der Waals surface area contributed by atoms with Crippen molar-refractivity contribution in [3.8, 4) is 5.75 Å². The van der Waals surface area contributed by atoms with Crippen LogP contribution in [0.2, 0.25) is 0 Å². The molecule has 0 unspecified atom stereocenters. The van der Waals surface area contributed by atoms with Crippen LogP contribution >= 0.6 is 0 Å². The molecule has 0 aliphatic heterocycles. The number of ether oxygens (including phenoxy) is 1. The highest BCUT2D eigenvalue weighted by Gasteiger charge is 2.24. The minimum Gasteiger partial charge on any atom is -0.497 e. The van der Waals surface area contributed by atoms with Crippen LogP contribution in [0.5, 0.6) is 5.75 Å². The summed E-state index contributed by atoms with van der Waals surface area (Å²) in [5, 5.41) is 5.61. The van der Waals surface area contributed by atoms with Gasteiger partial charge in [-0.15, -0.1) is 0 Å². The van der Waals surface area contributed by atoms with Gasteiger partial charge in [0.15, 0.2) is 0 Å². The first-order valence-corrected chi connectivity index (χ1v) is 8.13. The van der Waals surface area contributed by atoms with E-state index in [1.54, 1.807) is 37.6 Å². The van der Waals surface area contributed by atoms with Crippen molar-refractivity contribution in [2.75, 3.05) is 7.11 Å². The molecule has 0 spiro atoms. The van der Waals surface area contributed by atoms with E-state index in [9.17, 15) is 9.59 Å².